The van der Waals surface area contributed by atoms with E-state index in [0.29, 0.717) is 0 Å². The number of hydrogen-bond donors (Lipinski definition) is 1. The van der Waals surface area contributed by atoms with E-state index in [2.05, 4.69) is 15.5 Å². The van der Waals surface area contributed by atoms with Crippen LogP contribution in [0.4, 0.5) is 14.5 Å². The highest BCUT2D eigenvalue weighted by Crippen LogP contribution is 2.28. The Morgan fingerprint density at radius 1 is 1.19 bits per heavy atom. The Morgan fingerprint density at radius 2 is 1.96 bits per heavy atom. The van der Waals surface area contributed by atoms with Crippen LogP contribution in [-0.2, 0) is 4.79 Å². The van der Waals surface area contributed by atoms with Gasteiger partial charge in [0.25, 0.3) is 11.1 Å². The molecular weight excluding hydrogens is 384 g/mol. The minimum Gasteiger partial charge on any atom is -0.411 e. The third-order valence-electron chi connectivity index (χ3n) is 3.35. The van der Waals surface area contributed by atoms with E-state index < -0.39 is 22.8 Å². The van der Waals surface area contributed by atoms with Crippen molar-refractivity contribution in [1.29, 1.82) is 0 Å². The van der Waals surface area contributed by atoms with Crippen molar-refractivity contribution in [3.8, 4) is 11.5 Å². The van der Waals surface area contributed by atoms with Gasteiger partial charge in [0.05, 0.1) is 16.5 Å². The van der Waals surface area contributed by atoms with E-state index in [-0.39, 0.29) is 27.4 Å². The number of aromatic nitrogens is 2. The number of benzene rings is 2. The molecule has 0 aliphatic rings. The molecule has 0 radical (unpaired) electrons. The molecule has 0 spiro atoms. The average Bonchev–Trinajstić information content (AvgIpc) is 3.06. The van der Waals surface area contributed by atoms with Gasteiger partial charge in [-0.05, 0) is 37.3 Å². The van der Waals surface area contributed by atoms with Crippen molar-refractivity contribution in [2.75, 3.05) is 5.32 Å². The van der Waals surface area contributed by atoms with Crippen LogP contribution in [0.2, 0.25) is 5.02 Å². The summed E-state index contributed by atoms with van der Waals surface area (Å²) < 4.78 is 32.9. The third-order valence-corrected chi connectivity index (χ3v) is 4.52. The molecule has 1 aromatic heterocycles. The SMILES string of the molecule is C[C@H](Sc1nnc(-c2ccccc2F)o1)C(=O)Nc1ccc(Cl)cc1F. The number of nitrogens with one attached hydrogen (secondary N) is 1. The first-order valence-electron chi connectivity index (χ1n) is 7.45. The molecule has 1 amide bonds. The summed E-state index contributed by atoms with van der Waals surface area (Å²) in [4.78, 5) is 12.2. The van der Waals surface area contributed by atoms with Crippen LogP contribution >= 0.6 is 23.4 Å². The maximum absolute atomic E-state index is 13.7. The Morgan fingerprint density at radius 3 is 2.69 bits per heavy atom. The quantitative estimate of drug-likeness (QED) is 0.629. The van der Waals surface area contributed by atoms with Gasteiger partial charge in [0.15, 0.2) is 0 Å². The van der Waals surface area contributed by atoms with Crippen LogP contribution < -0.4 is 5.32 Å². The lowest BCUT2D eigenvalue weighted by Gasteiger charge is -2.10. The van der Waals surface area contributed by atoms with E-state index in [1.54, 1.807) is 19.1 Å². The van der Waals surface area contributed by atoms with Gasteiger partial charge in [0.1, 0.15) is 11.6 Å². The summed E-state index contributed by atoms with van der Waals surface area (Å²) in [6.45, 7) is 1.60. The molecule has 0 aliphatic carbocycles. The highest BCUT2D eigenvalue weighted by molar-refractivity contribution is 8.00. The average molecular weight is 396 g/mol. The maximum Gasteiger partial charge on any atom is 0.277 e. The number of halogens is 3. The van der Waals surface area contributed by atoms with Gasteiger partial charge in [-0.25, -0.2) is 8.78 Å². The standard InChI is InChI=1S/C17H12ClF2N3O2S/c1-9(15(24)21-14-7-6-10(18)8-13(14)20)26-17-23-22-16(25-17)11-4-2-3-5-12(11)19/h2-9H,1H3,(H,21,24)/t9-/m0/s1. The Bertz CT molecular complexity index is 951. The predicted octanol–water partition coefficient (Wildman–Crippen LogP) is 4.79. The number of amides is 1. The van der Waals surface area contributed by atoms with E-state index in [0.717, 1.165) is 17.8 Å². The summed E-state index contributed by atoms with van der Waals surface area (Å²) in [5, 5.41) is 9.72. The number of hydrogen-bond acceptors (Lipinski definition) is 5. The summed E-state index contributed by atoms with van der Waals surface area (Å²) in [6.07, 6.45) is 0. The second-order valence-corrected chi connectivity index (χ2v) is 6.95. The van der Waals surface area contributed by atoms with Crippen molar-refractivity contribution < 1.29 is 18.0 Å². The predicted molar refractivity (Wildman–Crippen MR) is 95.1 cm³/mol. The summed E-state index contributed by atoms with van der Waals surface area (Å²) >= 11 is 6.65. The zero-order chi connectivity index (χ0) is 18.7. The van der Waals surface area contributed by atoms with Crippen LogP contribution in [0.5, 0.6) is 0 Å². The van der Waals surface area contributed by atoms with E-state index in [9.17, 15) is 13.6 Å². The van der Waals surface area contributed by atoms with Crippen molar-refractivity contribution in [1.82, 2.24) is 10.2 Å². The second-order valence-electron chi connectivity index (χ2n) is 5.23. The summed E-state index contributed by atoms with van der Waals surface area (Å²) in [7, 11) is 0. The van der Waals surface area contributed by atoms with Crippen LogP contribution in [0, 0.1) is 11.6 Å². The molecule has 1 atom stereocenters. The highest BCUT2D eigenvalue weighted by Gasteiger charge is 2.20. The molecule has 0 saturated carbocycles. The molecule has 2 aromatic carbocycles. The summed E-state index contributed by atoms with van der Waals surface area (Å²) in [5.41, 5.74) is 0.191. The van der Waals surface area contributed by atoms with E-state index in [4.69, 9.17) is 16.0 Å². The summed E-state index contributed by atoms with van der Waals surface area (Å²) in [5.74, 6) is -1.57. The van der Waals surface area contributed by atoms with E-state index in [1.807, 2.05) is 0 Å². The second kappa shape index (κ2) is 7.84. The van der Waals surface area contributed by atoms with Gasteiger partial charge in [0, 0.05) is 5.02 Å². The lowest BCUT2D eigenvalue weighted by atomic mass is 10.2. The normalized spacial score (nSPS) is 12.0. The van der Waals surface area contributed by atoms with Crippen LogP contribution in [0.25, 0.3) is 11.5 Å². The first-order chi connectivity index (χ1) is 12.4. The Labute approximate surface area is 156 Å². The molecule has 26 heavy (non-hydrogen) atoms. The smallest absolute Gasteiger partial charge is 0.277 e. The van der Waals surface area contributed by atoms with Crippen molar-refractivity contribution in [3.05, 3.63) is 59.1 Å². The first-order valence-corrected chi connectivity index (χ1v) is 8.71. The van der Waals surface area contributed by atoms with Gasteiger partial charge >= 0.3 is 0 Å². The van der Waals surface area contributed by atoms with Gasteiger partial charge in [-0.15, -0.1) is 10.2 Å². The van der Waals surface area contributed by atoms with Crippen LogP contribution in [-0.4, -0.2) is 21.4 Å². The summed E-state index contributed by atoms with van der Waals surface area (Å²) in [6, 6.07) is 9.93. The number of carbonyl (C=O) groups excluding carboxylic acids is 1. The molecule has 3 rings (SSSR count). The third kappa shape index (κ3) is 4.20. The molecule has 3 aromatic rings. The van der Waals surface area contributed by atoms with Crippen LogP contribution in [0.3, 0.4) is 0 Å². The van der Waals surface area contributed by atoms with Gasteiger partial charge in [-0.1, -0.05) is 35.5 Å². The van der Waals surface area contributed by atoms with Crippen molar-refractivity contribution in [2.45, 2.75) is 17.4 Å². The van der Waals surface area contributed by atoms with Crippen molar-refractivity contribution in [2.24, 2.45) is 0 Å². The zero-order valence-corrected chi connectivity index (χ0v) is 14.9. The number of rotatable bonds is 5. The molecule has 5 nitrogen and oxygen atoms in total. The number of nitrogens with zero attached hydrogens (tertiary/aromatic N) is 2. The van der Waals surface area contributed by atoms with E-state index >= 15 is 0 Å². The monoisotopic (exact) mass is 395 g/mol. The molecule has 1 N–H and O–H groups in total. The Kier molecular flexibility index (Phi) is 5.53. The molecule has 0 bridgehead atoms. The maximum atomic E-state index is 13.7. The molecular formula is C17H12ClF2N3O2S. The first kappa shape index (κ1) is 18.3. The molecule has 9 heteroatoms. The largest absolute Gasteiger partial charge is 0.411 e. The van der Waals surface area contributed by atoms with Crippen LogP contribution in [0.1, 0.15) is 6.92 Å². The fraction of sp³-hybridized carbons (Fsp3) is 0.118. The lowest BCUT2D eigenvalue weighted by molar-refractivity contribution is -0.115. The van der Waals surface area contributed by atoms with Gasteiger partial charge in [0.2, 0.25) is 5.91 Å². The minimum absolute atomic E-state index is 0.0157. The topological polar surface area (TPSA) is 68.0 Å². The van der Waals surface area contributed by atoms with Crippen molar-refractivity contribution >= 4 is 35.0 Å². The van der Waals surface area contributed by atoms with Gasteiger partial charge in [-0.3, -0.25) is 4.79 Å². The van der Waals surface area contributed by atoms with Crippen molar-refractivity contribution in [3.63, 3.8) is 0 Å². The minimum atomic E-state index is -0.654. The highest BCUT2D eigenvalue weighted by atomic mass is 35.5. The molecule has 0 saturated heterocycles. The van der Waals surface area contributed by atoms with Crippen LogP contribution in [0.15, 0.2) is 52.1 Å². The van der Waals surface area contributed by atoms with E-state index in [1.165, 1.54) is 24.3 Å². The van der Waals surface area contributed by atoms with Gasteiger partial charge < -0.3 is 9.73 Å². The lowest BCUT2D eigenvalue weighted by Crippen LogP contribution is -2.23. The zero-order valence-electron chi connectivity index (χ0n) is 13.4. The molecule has 0 unspecified atom stereocenters. The molecule has 0 fully saturated rings. The Hall–Kier alpha value is -2.45. The number of thioether (sulfide) groups is 1. The number of anilines is 1. The fourth-order valence-electron chi connectivity index (χ4n) is 2.03. The fourth-order valence-corrected chi connectivity index (χ4v) is 2.87. The molecule has 0 aliphatic heterocycles. The number of carbonyl (C=O) groups is 1. The van der Waals surface area contributed by atoms with Gasteiger partial charge in [-0.2, -0.15) is 0 Å². The molecule has 134 valence electrons. The Balaban J connectivity index is 1.67. The molecule has 1 heterocycles.